The summed E-state index contributed by atoms with van der Waals surface area (Å²) >= 11 is 0. The predicted molar refractivity (Wildman–Crippen MR) is 101 cm³/mol. The fourth-order valence-corrected chi connectivity index (χ4v) is 2.48. The van der Waals surface area contributed by atoms with E-state index in [0.29, 0.717) is 24.5 Å². The molecule has 0 unspecified atom stereocenters. The van der Waals surface area contributed by atoms with Crippen LogP contribution in [0.15, 0.2) is 36.4 Å². The minimum atomic E-state index is -0.268. The van der Waals surface area contributed by atoms with Gasteiger partial charge in [-0.25, -0.2) is 4.79 Å². The predicted octanol–water partition coefficient (Wildman–Crippen LogP) is 3.20. The van der Waals surface area contributed by atoms with Crippen LogP contribution in [0.4, 0.5) is 4.79 Å². The van der Waals surface area contributed by atoms with Crippen molar-refractivity contribution in [2.24, 2.45) is 0 Å². The van der Waals surface area contributed by atoms with Crippen LogP contribution in [0.5, 0.6) is 17.2 Å². The standard InChI is InChI=1S/C20H26N2O4/c1-14-6-5-7-17(15(14)2)26-13-22-20(23)21-11-10-16-8-9-18(24-3)19(12-16)25-4/h5-9,12H,10-11,13H2,1-4H3,(H2,21,22,23). The van der Waals surface area contributed by atoms with Gasteiger partial charge >= 0.3 is 6.03 Å². The van der Waals surface area contributed by atoms with Crippen LogP contribution in [0, 0.1) is 13.8 Å². The summed E-state index contributed by atoms with van der Waals surface area (Å²) in [4.78, 5) is 11.9. The van der Waals surface area contributed by atoms with E-state index >= 15 is 0 Å². The molecule has 0 spiro atoms. The summed E-state index contributed by atoms with van der Waals surface area (Å²) in [5.74, 6) is 2.14. The lowest BCUT2D eigenvalue weighted by Gasteiger charge is -2.12. The van der Waals surface area contributed by atoms with Gasteiger partial charge in [0.15, 0.2) is 18.2 Å². The zero-order valence-corrected chi connectivity index (χ0v) is 15.7. The topological polar surface area (TPSA) is 68.8 Å². The largest absolute Gasteiger partial charge is 0.493 e. The first-order valence-corrected chi connectivity index (χ1v) is 8.46. The molecule has 6 heteroatoms. The van der Waals surface area contributed by atoms with E-state index in [-0.39, 0.29) is 12.8 Å². The summed E-state index contributed by atoms with van der Waals surface area (Å²) in [7, 11) is 3.20. The lowest BCUT2D eigenvalue weighted by atomic mass is 10.1. The Morgan fingerprint density at radius 1 is 0.962 bits per heavy atom. The minimum absolute atomic E-state index is 0.118. The van der Waals surface area contributed by atoms with Gasteiger partial charge in [0.2, 0.25) is 0 Å². The maximum absolute atomic E-state index is 11.9. The molecule has 0 saturated carbocycles. The van der Waals surface area contributed by atoms with Gasteiger partial charge in [-0.2, -0.15) is 0 Å². The minimum Gasteiger partial charge on any atom is -0.493 e. The van der Waals surface area contributed by atoms with E-state index in [1.54, 1.807) is 14.2 Å². The Morgan fingerprint density at radius 2 is 1.73 bits per heavy atom. The van der Waals surface area contributed by atoms with Crippen molar-refractivity contribution in [1.29, 1.82) is 0 Å². The van der Waals surface area contributed by atoms with Crippen molar-refractivity contribution in [3.05, 3.63) is 53.1 Å². The third-order valence-corrected chi connectivity index (χ3v) is 4.16. The molecule has 6 nitrogen and oxygen atoms in total. The molecule has 0 heterocycles. The highest BCUT2D eigenvalue weighted by atomic mass is 16.5. The molecule has 0 saturated heterocycles. The number of aryl methyl sites for hydroxylation is 1. The Labute approximate surface area is 154 Å². The van der Waals surface area contributed by atoms with E-state index in [1.165, 1.54) is 0 Å². The molecule has 2 rings (SSSR count). The molecule has 0 bridgehead atoms. The maximum Gasteiger partial charge on any atom is 0.317 e. The average molecular weight is 358 g/mol. The summed E-state index contributed by atoms with van der Waals surface area (Å²) in [6.07, 6.45) is 0.686. The Kier molecular flexibility index (Phi) is 7.14. The van der Waals surface area contributed by atoms with E-state index in [4.69, 9.17) is 14.2 Å². The fourth-order valence-electron chi connectivity index (χ4n) is 2.48. The molecule has 2 aromatic rings. The van der Waals surface area contributed by atoms with Crippen LogP contribution in [0.2, 0.25) is 0 Å². The van der Waals surface area contributed by atoms with Gasteiger partial charge in [0.1, 0.15) is 5.75 Å². The summed E-state index contributed by atoms with van der Waals surface area (Å²) < 4.78 is 16.1. The lowest BCUT2D eigenvalue weighted by molar-refractivity contribution is 0.224. The third kappa shape index (κ3) is 5.31. The Hall–Kier alpha value is -2.89. The number of nitrogens with one attached hydrogen (secondary N) is 2. The highest BCUT2D eigenvalue weighted by Crippen LogP contribution is 2.27. The number of hydrogen-bond donors (Lipinski definition) is 2. The van der Waals surface area contributed by atoms with Crippen LogP contribution in [0.25, 0.3) is 0 Å². The van der Waals surface area contributed by atoms with Crippen molar-refractivity contribution in [2.75, 3.05) is 27.5 Å². The summed E-state index contributed by atoms with van der Waals surface area (Å²) in [5.41, 5.74) is 3.28. The first kappa shape index (κ1) is 19.4. The number of benzene rings is 2. The zero-order valence-electron chi connectivity index (χ0n) is 15.7. The second kappa shape index (κ2) is 9.56. The third-order valence-electron chi connectivity index (χ3n) is 4.16. The fraction of sp³-hybridized carbons (Fsp3) is 0.350. The van der Waals surface area contributed by atoms with Crippen molar-refractivity contribution in [2.45, 2.75) is 20.3 Å². The smallest absolute Gasteiger partial charge is 0.317 e. The lowest BCUT2D eigenvalue weighted by Crippen LogP contribution is -2.38. The molecule has 2 amide bonds. The molecule has 0 aliphatic rings. The summed E-state index contributed by atoms with van der Waals surface area (Å²) in [5, 5.41) is 5.50. The second-order valence-corrected chi connectivity index (χ2v) is 5.86. The van der Waals surface area contributed by atoms with Crippen LogP contribution in [-0.4, -0.2) is 33.5 Å². The van der Waals surface area contributed by atoms with Gasteiger partial charge in [-0.1, -0.05) is 18.2 Å². The number of amides is 2. The molecule has 0 radical (unpaired) electrons. The van der Waals surface area contributed by atoms with Gasteiger partial charge in [0.05, 0.1) is 14.2 Å². The molecular formula is C20H26N2O4. The van der Waals surface area contributed by atoms with Crippen molar-refractivity contribution in [3.63, 3.8) is 0 Å². The summed E-state index contributed by atoms with van der Waals surface area (Å²) in [6, 6.07) is 11.3. The van der Waals surface area contributed by atoms with Gasteiger partial charge in [0.25, 0.3) is 0 Å². The number of ether oxygens (including phenoxy) is 3. The first-order chi connectivity index (χ1) is 12.5. The van der Waals surface area contributed by atoms with E-state index < -0.39 is 0 Å². The molecule has 0 fully saturated rings. The van der Waals surface area contributed by atoms with E-state index in [0.717, 1.165) is 22.4 Å². The van der Waals surface area contributed by atoms with Crippen LogP contribution in [0.1, 0.15) is 16.7 Å². The molecule has 0 aromatic heterocycles. The quantitative estimate of drug-likeness (QED) is 0.711. The zero-order chi connectivity index (χ0) is 18.9. The first-order valence-electron chi connectivity index (χ1n) is 8.46. The number of methoxy groups -OCH3 is 2. The molecule has 0 aliphatic heterocycles. The van der Waals surface area contributed by atoms with Crippen LogP contribution < -0.4 is 24.8 Å². The molecule has 2 aromatic carbocycles. The Balaban J connectivity index is 1.73. The van der Waals surface area contributed by atoms with Gasteiger partial charge < -0.3 is 24.8 Å². The van der Waals surface area contributed by atoms with Gasteiger partial charge in [-0.15, -0.1) is 0 Å². The normalized spacial score (nSPS) is 10.2. The number of rotatable bonds is 8. The SMILES string of the molecule is COc1ccc(CCNC(=O)NCOc2cccc(C)c2C)cc1OC. The van der Waals surface area contributed by atoms with E-state index in [9.17, 15) is 4.79 Å². The molecule has 0 atom stereocenters. The number of carbonyl (C=O) groups is 1. The highest BCUT2D eigenvalue weighted by molar-refractivity contribution is 5.73. The molecule has 140 valence electrons. The Morgan fingerprint density at radius 3 is 2.46 bits per heavy atom. The maximum atomic E-state index is 11.9. The average Bonchev–Trinajstić information content (AvgIpc) is 2.65. The number of urea groups is 1. The molecule has 2 N–H and O–H groups in total. The molecular weight excluding hydrogens is 332 g/mol. The van der Waals surface area contributed by atoms with Gasteiger partial charge in [-0.3, -0.25) is 0 Å². The van der Waals surface area contributed by atoms with Gasteiger partial charge in [-0.05, 0) is 55.2 Å². The van der Waals surface area contributed by atoms with Crippen molar-refractivity contribution >= 4 is 6.03 Å². The van der Waals surface area contributed by atoms with Crippen molar-refractivity contribution in [3.8, 4) is 17.2 Å². The molecule has 26 heavy (non-hydrogen) atoms. The number of carbonyl (C=O) groups excluding carboxylic acids is 1. The van der Waals surface area contributed by atoms with Crippen LogP contribution in [-0.2, 0) is 6.42 Å². The number of hydrogen-bond acceptors (Lipinski definition) is 4. The van der Waals surface area contributed by atoms with Gasteiger partial charge in [0, 0.05) is 6.54 Å². The Bertz CT molecular complexity index is 747. The van der Waals surface area contributed by atoms with Crippen molar-refractivity contribution in [1.82, 2.24) is 10.6 Å². The summed E-state index contributed by atoms with van der Waals surface area (Å²) in [6.45, 7) is 4.64. The van der Waals surface area contributed by atoms with Crippen molar-refractivity contribution < 1.29 is 19.0 Å². The monoisotopic (exact) mass is 358 g/mol. The second-order valence-electron chi connectivity index (χ2n) is 5.86. The molecule has 0 aliphatic carbocycles. The van der Waals surface area contributed by atoms with E-state index in [1.807, 2.05) is 50.2 Å². The van der Waals surface area contributed by atoms with Crippen LogP contribution >= 0.6 is 0 Å². The highest BCUT2D eigenvalue weighted by Gasteiger charge is 2.06. The van der Waals surface area contributed by atoms with E-state index in [2.05, 4.69) is 10.6 Å². The van der Waals surface area contributed by atoms with Crippen LogP contribution in [0.3, 0.4) is 0 Å².